The summed E-state index contributed by atoms with van der Waals surface area (Å²) in [7, 11) is 0. The zero-order valence-corrected chi connectivity index (χ0v) is 24.2. The predicted molar refractivity (Wildman–Crippen MR) is 143 cm³/mol. The lowest BCUT2D eigenvalue weighted by molar-refractivity contribution is -0.159. The molecule has 1 aromatic rings. The van der Waals surface area contributed by atoms with Crippen molar-refractivity contribution < 1.29 is 38.1 Å². The van der Waals surface area contributed by atoms with Crippen molar-refractivity contribution >= 4 is 23.9 Å². The van der Waals surface area contributed by atoms with Crippen molar-refractivity contribution in [2.24, 2.45) is 35.3 Å². The molecule has 2 N–H and O–H groups in total. The molecule has 0 aliphatic heterocycles. The van der Waals surface area contributed by atoms with Gasteiger partial charge >= 0.3 is 23.9 Å². The van der Waals surface area contributed by atoms with E-state index in [1.54, 1.807) is 26.8 Å². The lowest BCUT2D eigenvalue weighted by Crippen LogP contribution is -2.36. The highest BCUT2D eigenvalue weighted by Gasteiger charge is 2.25. The zero-order chi connectivity index (χ0) is 29.2. The van der Waals surface area contributed by atoms with Crippen LogP contribution in [0.25, 0.3) is 0 Å². The van der Waals surface area contributed by atoms with Crippen molar-refractivity contribution in [3.63, 3.8) is 0 Å². The summed E-state index contributed by atoms with van der Waals surface area (Å²) in [5, 5.41) is 0. The molecule has 0 saturated heterocycles. The van der Waals surface area contributed by atoms with Crippen molar-refractivity contribution in [3.05, 3.63) is 23.8 Å². The van der Waals surface area contributed by atoms with Crippen LogP contribution in [0.5, 0.6) is 11.5 Å². The summed E-state index contributed by atoms with van der Waals surface area (Å²) in [5.74, 6) is -2.19. The predicted octanol–water partition coefficient (Wildman–Crippen LogP) is 4.47. The Morgan fingerprint density at radius 2 is 1.29 bits per heavy atom. The Balaban J connectivity index is 2.95. The lowest BCUT2D eigenvalue weighted by Gasteiger charge is -2.19. The minimum absolute atomic E-state index is 0.0490. The van der Waals surface area contributed by atoms with E-state index in [0.717, 1.165) is 0 Å². The molecular weight excluding hydrogens is 490 g/mol. The van der Waals surface area contributed by atoms with Gasteiger partial charge in [-0.2, -0.15) is 0 Å². The molecule has 2 unspecified atom stereocenters. The molecule has 4 atom stereocenters. The summed E-state index contributed by atoms with van der Waals surface area (Å²) in [4.78, 5) is 49.5. The average Bonchev–Trinajstić information content (AvgIpc) is 2.81. The van der Waals surface area contributed by atoms with Crippen molar-refractivity contribution in [2.75, 3.05) is 6.61 Å². The molecule has 0 saturated carbocycles. The number of carbonyl (C=O) groups excluding carboxylic acids is 4. The van der Waals surface area contributed by atoms with Gasteiger partial charge in [-0.3, -0.25) is 19.2 Å². The molecule has 0 amide bonds. The van der Waals surface area contributed by atoms with Gasteiger partial charge in [-0.05, 0) is 48.8 Å². The highest BCUT2D eigenvalue weighted by molar-refractivity contribution is 5.79. The summed E-state index contributed by atoms with van der Waals surface area (Å²) in [5.41, 5.74) is 6.64. The maximum atomic E-state index is 12.7. The molecule has 9 heteroatoms. The molecular formula is C29H45NO8. The number of benzene rings is 1. The minimum Gasteiger partial charge on any atom is -0.461 e. The van der Waals surface area contributed by atoms with Gasteiger partial charge in [0.05, 0.1) is 11.8 Å². The molecule has 38 heavy (non-hydrogen) atoms. The first-order chi connectivity index (χ1) is 17.6. The van der Waals surface area contributed by atoms with Gasteiger partial charge in [0.1, 0.15) is 18.8 Å². The second kappa shape index (κ2) is 15.5. The highest BCUT2D eigenvalue weighted by Crippen LogP contribution is 2.31. The molecule has 1 aromatic carbocycles. The first-order valence-corrected chi connectivity index (χ1v) is 13.3. The molecule has 0 heterocycles. The van der Waals surface area contributed by atoms with Crippen molar-refractivity contribution in [1.29, 1.82) is 0 Å². The first-order valence-electron chi connectivity index (χ1n) is 13.3. The topological polar surface area (TPSA) is 131 Å². The summed E-state index contributed by atoms with van der Waals surface area (Å²) >= 11 is 0. The van der Waals surface area contributed by atoms with Gasteiger partial charge in [0.2, 0.25) is 0 Å². The lowest BCUT2D eigenvalue weighted by atomic mass is 9.98. The van der Waals surface area contributed by atoms with Crippen LogP contribution in [-0.4, -0.2) is 42.6 Å². The Labute approximate surface area is 226 Å². The van der Waals surface area contributed by atoms with Gasteiger partial charge in [0.15, 0.2) is 11.5 Å². The van der Waals surface area contributed by atoms with E-state index in [2.05, 4.69) is 0 Å². The summed E-state index contributed by atoms with van der Waals surface area (Å²) in [6, 6.07) is 3.70. The van der Waals surface area contributed by atoms with E-state index >= 15 is 0 Å². The SMILES string of the molecule is CC(C)CC(=O)O[C@@H](C)COC(=O)[C@@H](N)Cc1ccc(OC(=O)C(C)C(C)C)c(OC(=O)C(C)C(C)C)c1. The zero-order valence-electron chi connectivity index (χ0n) is 24.2. The van der Waals surface area contributed by atoms with Crippen LogP contribution in [0.4, 0.5) is 0 Å². The van der Waals surface area contributed by atoms with Crippen LogP contribution in [-0.2, 0) is 35.1 Å². The van der Waals surface area contributed by atoms with Gasteiger partial charge in [-0.25, -0.2) is 0 Å². The van der Waals surface area contributed by atoms with Gasteiger partial charge in [0, 0.05) is 6.42 Å². The third-order valence-electron chi connectivity index (χ3n) is 6.30. The number of esters is 4. The Morgan fingerprint density at radius 3 is 1.79 bits per heavy atom. The third kappa shape index (κ3) is 11.2. The summed E-state index contributed by atoms with van der Waals surface area (Å²) in [6.07, 6.45) is -0.238. The normalized spacial score (nSPS) is 14.6. The fourth-order valence-corrected chi connectivity index (χ4v) is 3.07. The van der Waals surface area contributed by atoms with Crippen LogP contribution < -0.4 is 15.2 Å². The molecule has 214 valence electrons. The molecule has 0 bridgehead atoms. The second-order valence-corrected chi connectivity index (χ2v) is 11.0. The van der Waals surface area contributed by atoms with Crippen molar-refractivity contribution in [3.8, 4) is 11.5 Å². The fourth-order valence-electron chi connectivity index (χ4n) is 3.07. The Morgan fingerprint density at radius 1 is 0.763 bits per heavy atom. The highest BCUT2D eigenvalue weighted by atomic mass is 16.6. The van der Waals surface area contributed by atoms with E-state index in [4.69, 9.17) is 24.7 Å². The Bertz CT molecular complexity index is 956. The quantitative estimate of drug-likeness (QED) is 0.271. The molecule has 0 aromatic heterocycles. The maximum absolute atomic E-state index is 12.7. The largest absolute Gasteiger partial charge is 0.461 e. The van der Waals surface area contributed by atoms with E-state index in [-0.39, 0.29) is 66.5 Å². The van der Waals surface area contributed by atoms with Crippen LogP contribution >= 0.6 is 0 Å². The molecule has 0 spiro atoms. The minimum atomic E-state index is -1.01. The van der Waals surface area contributed by atoms with Crippen molar-refractivity contribution in [2.45, 2.75) is 87.3 Å². The van der Waals surface area contributed by atoms with Crippen LogP contribution in [0.1, 0.15) is 74.3 Å². The number of hydrogen-bond acceptors (Lipinski definition) is 9. The number of hydrogen-bond donors (Lipinski definition) is 1. The van der Waals surface area contributed by atoms with E-state index in [0.29, 0.717) is 5.56 Å². The Kier molecular flexibility index (Phi) is 13.5. The molecule has 0 radical (unpaired) electrons. The van der Waals surface area contributed by atoms with Crippen LogP contribution in [0.2, 0.25) is 0 Å². The van der Waals surface area contributed by atoms with Crippen LogP contribution in [0.3, 0.4) is 0 Å². The second-order valence-electron chi connectivity index (χ2n) is 11.0. The monoisotopic (exact) mass is 535 g/mol. The smallest absolute Gasteiger partial charge is 0.323 e. The van der Waals surface area contributed by atoms with Crippen LogP contribution in [0, 0.1) is 29.6 Å². The van der Waals surface area contributed by atoms with Crippen LogP contribution in [0.15, 0.2) is 18.2 Å². The molecule has 0 aliphatic rings. The molecule has 0 fully saturated rings. The third-order valence-corrected chi connectivity index (χ3v) is 6.30. The number of rotatable bonds is 14. The summed E-state index contributed by atoms with van der Waals surface area (Å²) in [6.45, 7) is 16.5. The number of nitrogens with two attached hydrogens (primary N) is 1. The van der Waals surface area contributed by atoms with E-state index < -0.39 is 30.1 Å². The number of carbonyl (C=O) groups is 4. The molecule has 1 rings (SSSR count). The Hall–Kier alpha value is -2.94. The van der Waals surface area contributed by atoms with Crippen molar-refractivity contribution in [1.82, 2.24) is 0 Å². The van der Waals surface area contributed by atoms with Gasteiger partial charge in [-0.15, -0.1) is 0 Å². The number of ether oxygens (including phenoxy) is 4. The van der Waals surface area contributed by atoms with E-state index in [1.165, 1.54) is 12.1 Å². The van der Waals surface area contributed by atoms with E-state index in [9.17, 15) is 19.2 Å². The fraction of sp³-hybridized carbons (Fsp3) is 0.655. The van der Waals surface area contributed by atoms with Gasteiger partial charge in [0.25, 0.3) is 0 Å². The van der Waals surface area contributed by atoms with E-state index in [1.807, 2.05) is 41.5 Å². The maximum Gasteiger partial charge on any atom is 0.323 e. The summed E-state index contributed by atoms with van der Waals surface area (Å²) < 4.78 is 21.6. The van der Waals surface area contributed by atoms with Gasteiger partial charge < -0.3 is 24.7 Å². The molecule has 0 aliphatic carbocycles. The standard InChI is InChI=1S/C29H45NO8/c1-16(2)12-26(31)36-19(7)15-35-29(34)23(30)13-22-10-11-24(37-27(32)20(8)17(3)4)25(14-22)38-28(33)21(9)18(5)6/h10-11,14,16-21,23H,12-13,15,30H2,1-9H3/t19-,20?,21?,23-/m0/s1. The first kappa shape index (κ1) is 33.1. The molecule has 9 nitrogen and oxygen atoms in total. The average molecular weight is 536 g/mol. The van der Waals surface area contributed by atoms with Gasteiger partial charge in [-0.1, -0.05) is 61.5 Å².